The topological polar surface area (TPSA) is 48.0 Å². The Labute approximate surface area is 103 Å². The molecule has 0 saturated heterocycles. The van der Waals surface area contributed by atoms with Crippen molar-refractivity contribution in [3.05, 3.63) is 33.2 Å². The van der Waals surface area contributed by atoms with Gasteiger partial charge >= 0.3 is 0 Å². The Balaban J connectivity index is 2.69. The highest BCUT2D eigenvalue weighted by Crippen LogP contribution is 2.24. The van der Waals surface area contributed by atoms with E-state index < -0.39 is 0 Å². The number of nitrogens with two attached hydrogens (primary N) is 1. The fourth-order valence-electron chi connectivity index (χ4n) is 2.73. The van der Waals surface area contributed by atoms with E-state index in [-0.39, 0.29) is 17.6 Å². The van der Waals surface area contributed by atoms with Crippen molar-refractivity contribution in [3.63, 3.8) is 0 Å². The smallest absolute Gasteiger partial charge is 0.255 e. The molecule has 0 saturated carbocycles. The van der Waals surface area contributed by atoms with Crippen molar-refractivity contribution in [2.45, 2.75) is 58.5 Å². The molecular weight excluding hydrogens is 212 g/mol. The third-order valence-corrected chi connectivity index (χ3v) is 3.57. The van der Waals surface area contributed by atoms with Crippen LogP contribution in [0.25, 0.3) is 0 Å². The predicted molar refractivity (Wildman–Crippen MR) is 70.3 cm³/mol. The first-order valence-electron chi connectivity index (χ1n) is 6.55. The van der Waals surface area contributed by atoms with Crippen molar-refractivity contribution in [3.8, 4) is 0 Å². The van der Waals surface area contributed by atoms with Gasteiger partial charge in [-0.1, -0.05) is 0 Å². The molecule has 0 radical (unpaired) electrons. The van der Waals surface area contributed by atoms with Crippen LogP contribution in [-0.2, 0) is 12.8 Å². The largest absolute Gasteiger partial charge is 0.324 e. The molecule has 0 amide bonds. The molecular formula is C14H22N2O. The number of fused-ring (bicyclic) bond motifs is 1. The molecule has 1 aliphatic carbocycles. The van der Waals surface area contributed by atoms with E-state index in [1.807, 2.05) is 17.6 Å². The lowest BCUT2D eigenvalue weighted by molar-refractivity contribution is 0.511. The maximum absolute atomic E-state index is 12.4. The van der Waals surface area contributed by atoms with E-state index in [0.29, 0.717) is 0 Å². The third-order valence-electron chi connectivity index (χ3n) is 3.57. The van der Waals surface area contributed by atoms with Crippen molar-refractivity contribution in [2.75, 3.05) is 0 Å². The number of aromatic nitrogens is 1. The van der Waals surface area contributed by atoms with Gasteiger partial charge in [-0.25, -0.2) is 0 Å². The second kappa shape index (κ2) is 4.65. The van der Waals surface area contributed by atoms with Gasteiger partial charge in [0.05, 0.1) is 0 Å². The summed E-state index contributed by atoms with van der Waals surface area (Å²) in [5.41, 5.74) is 9.34. The van der Waals surface area contributed by atoms with E-state index >= 15 is 0 Å². The minimum absolute atomic E-state index is 0.107. The normalized spacial score (nSPS) is 17.0. The highest BCUT2D eigenvalue weighted by atomic mass is 16.1. The Morgan fingerprint density at radius 1 is 1.24 bits per heavy atom. The van der Waals surface area contributed by atoms with Gasteiger partial charge in [-0.05, 0) is 58.1 Å². The zero-order chi connectivity index (χ0) is 12.6. The van der Waals surface area contributed by atoms with Gasteiger partial charge in [0, 0.05) is 23.3 Å². The van der Waals surface area contributed by atoms with Crippen LogP contribution in [0.2, 0.25) is 0 Å². The van der Waals surface area contributed by atoms with Gasteiger partial charge in [-0.15, -0.1) is 0 Å². The fraction of sp³-hybridized carbons (Fsp3) is 0.643. The fourth-order valence-corrected chi connectivity index (χ4v) is 2.73. The van der Waals surface area contributed by atoms with Crippen molar-refractivity contribution >= 4 is 0 Å². The van der Waals surface area contributed by atoms with Gasteiger partial charge in [0.25, 0.3) is 5.56 Å². The molecule has 2 N–H and O–H groups in total. The summed E-state index contributed by atoms with van der Waals surface area (Å²) in [6.45, 7) is 6.03. The van der Waals surface area contributed by atoms with Gasteiger partial charge in [0.2, 0.25) is 0 Å². The summed E-state index contributed by atoms with van der Waals surface area (Å²) in [4.78, 5) is 12.4. The SMILES string of the molecule is CC(N)c1cc2c(n(C(C)C)c1=O)CCCC2. The Bertz CT molecular complexity index is 472. The second-order valence-corrected chi connectivity index (χ2v) is 5.34. The van der Waals surface area contributed by atoms with Crippen LogP contribution in [0.1, 0.15) is 62.5 Å². The standard InChI is InChI=1S/C14H22N2O/c1-9(2)16-13-7-5-4-6-11(13)8-12(10(3)15)14(16)17/h8-10H,4-7,15H2,1-3H3. The molecule has 0 fully saturated rings. The van der Waals surface area contributed by atoms with Crippen LogP contribution in [-0.4, -0.2) is 4.57 Å². The zero-order valence-electron chi connectivity index (χ0n) is 11.0. The van der Waals surface area contributed by atoms with E-state index in [2.05, 4.69) is 13.8 Å². The van der Waals surface area contributed by atoms with Gasteiger partial charge in [-0.2, -0.15) is 0 Å². The van der Waals surface area contributed by atoms with Crippen molar-refractivity contribution in [1.82, 2.24) is 4.57 Å². The van der Waals surface area contributed by atoms with Crippen LogP contribution >= 0.6 is 0 Å². The molecule has 1 aromatic heterocycles. The van der Waals surface area contributed by atoms with Crippen molar-refractivity contribution in [2.24, 2.45) is 5.73 Å². The summed E-state index contributed by atoms with van der Waals surface area (Å²) in [7, 11) is 0. The van der Waals surface area contributed by atoms with Gasteiger partial charge < -0.3 is 10.3 Å². The maximum Gasteiger partial charge on any atom is 0.255 e. The summed E-state index contributed by atoms with van der Waals surface area (Å²) in [6.07, 6.45) is 4.53. The molecule has 0 aromatic carbocycles. The predicted octanol–water partition coefficient (Wildman–Crippen LogP) is 2.33. The summed E-state index contributed by atoms with van der Waals surface area (Å²) in [5.74, 6) is 0. The van der Waals surface area contributed by atoms with Crippen molar-refractivity contribution in [1.29, 1.82) is 0 Å². The van der Waals surface area contributed by atoms with Crippen molar-refractivity contribution < 1.29 is 0 Å². The quantitative estimate of drug-likeness (QED) is 0.853. The second-order valence-electron chi connectivity index (χ2n) is 5.34. The first kappa shape index (κ1) is 12.4. The number of hydrogen-bond donors (Lipinski definition) is 1. The minimum Gasteiger partial charge on any atom is -0.324 e. The minimum atomic E-state index is -0.181. The lowest BCUT2D eigenvalue weighted by Crippen LogP contribution is -2.33. The van der Waals surface area contributed by atoms with Gasteiger partial charge in [0.15, 0.2) is 0 Å². The number of aryl methyl sites for hydroxylation is 1. The molecule has 1 heterocycles. The van der Waals surface area contributed by atoms with E-state index in [1.54, 1.807) is 0 Å². The van der Waals surface area contributed by atoms with Crippen LogP contribution < -0.4 is 11.3 Å². The first-order chi connectivity index (χ1) is 8.02. The average Bonchev–Trinajstić information content (AvgIpc) is 2.27. The number of pyridine rings is 1. The molecule has 1 atom stereocenters. The first-order valence-corrected chi connectivity index (χ1v) is 6.55. The Hall–Kier alpha value is -1.09. The number of rotatable bonds is 2. The van der Waals surface area contributed by atoms with Crippen LogP contribution in [0, 0.1) is 0 Å². The van der Waals surface area contributed by atoms with Crippen LogP contribution in [0.15, 0.2) is 10.9 Å². The summed E-state index contributed by atoms with van der Waals surface area (Å²) in [5, 5.41) is 0. The summed E-state index contributed by atoms with van der Waals surface area (Å²) >= 11 is 0. The van der Waals surface area contributed by atoms with Gasteiger partial charge in [0.1, 0.15) is 0 Å². The Kier molecular flexibility index (Phi) is 3.38. The molecule has 0 aliphatic heterocycles. The number of nitrogens with zero attached hydrogens (tertiary/aromatic N) is 1. The van der Waals surface area contributed by atoms with Crippen LogP contribution in [0.3, 0.4) is 0 Å². The molecule has 2 rings (SSSR count). The zero-order valence-corrected chi connectivity index (χ0v) is 11.0. The molecule has 1 unspecified atom stereocenters. The lowest BCUT2D eigenvalue weighted by atomic mass is 9.93. The molecule has 1 aliphatic rings. The van der Waals surface area contributed by atoms with E-state index in [0.717, 1.165) is 18.4 Å². The highest BCUT2D eigenvalue weighted by Gasteiger charge is 2.20. The summed E-state index contributed by atoms with van der Waals surface area (Å²) in [6, 6.07) is 2.08. The molecule has 17 heavy (non-hydrogen) atoms. The highest BCUT2D eigenvalue weighted by molar-refractivity contribution is 5.30. The van der Waals surface area contributed by atoms with Crippen LogP contribution in [0.5, 0.6) is 0 Å². The third kappa shape index (κ3) is 2.16. The monoisotopic (exact) mass is 234 g/mol. The molecule has 3 heteroatoms. The lowest BCUT2D eigenvalue weighted by Gasteiger charge is -2.25. The summed E-state index contributed by atoms with van der Waals surface area (Å²) < 4.78 is 1.95. The Morgan fingerprint density at radius 3 is 2.47 bits per heavy atom. The Morgan fingerprint density at radius 2 is 1.88 bits per heavy atom. The molecule has 3 nitrogen and oxygen atoms in total. The molecule has 1 aromatic rings. The van der Waals surface area contributed by atoms with Gasteiger partial charge in [-0.3, -0.25) is 4.79 Å². The maximum atomic E-state index is 12.4. The van der Waals surface area contributed by atoms with E-state index in [4.69, 9.17) is 5.73 Å². The molecule has 0 spiro atoms. The van der Waals surface area contributed by atoms with E-state index in [9.17, 15) is 4.79 Å². The van der Waals surface area contributed by atoms with E-state index in [1.165, 1.54) is 24.1 Å². The average molecular weight is 234 g/mol. The van der Waals surface area contributed by atoms with Crippen LogP contribution in [0.4, 0.5) is 0 Å². The molecule has 94 valence electrons. The molecule has 0 bridgehead atoms. The number of hydrogen-bond acceptors (Lipinski definition) is 2.